The lowest BCUT2D eigenvalue weighted by Crippen LogP contribution is -2.36. The van der Waals surface area contributed by atoms with Crippen molar-refractivity contribution in [1.29, 1.82) is 0 Å². The van der Waals surface area contributed by atoms with E-state index in [0.717, 1.165) is 44.3 Å². The average molecular weight is 436 g/mol. The zero-order valence-electron chi connectivity index (χ0n) is 17.4. The smallest absolute Gasteiger partial charge is 0.270 e. The van der Waals surface area contributed by atoms with Crippen LogP contribution in [0.15, 0.2) is 17.1 Å². The Balaban J connectivity index is 0.00000256. The van der Waals surface area contributed by atoms with Crippen molar-refractivity contribution in [2.75, 3.05) is 13.1 Å². The van der Waals surface area contributed by atoms with E-state index in [0.29, 0.717) is 18.1 Å². The molecule has 0 spiro atoms. The normalized spacial score (nSPS) is 17.6. The maximum atomic E-state index is 13.2. The molecule has 30 heavy (non-hydrogen) atoms. The number of carbonyl (C=O) groups is 1. The molecule has 0 bridgehead atoms. The van der Waals surface area contributed by atoms with E-state index >= 15 is 0 Å². The standard InChI is InChI=1S/C21H29N5O3.ClH/c1-13(2)12-25-19-15(4-3-14-7-9-22-10-8-14)11-23-26(19)21(29)17(20(25)28)18(27)24-16-5-6-16;/h3-4,11,13-14,16,22,29H,5-10,12H2,1-2H3,(H,24,27);1H. The molecule has 164 valence electrons. The molecule has 0 aromatic carbocycles. The summed E-state index contributed by atoms with van der Waals surface area (Å²) in [5.74, 6) is -0.258. The van der Waals surface area contributed by atoms with Gasteiger partial charge in [-0.1, -0.05) is 26.0 Å². The minimum atomic E-state index is -0.531. The second kappa shape index (κ2) is 9.22. The van der Waals surface area contributed by atoms with Crippen molar-refractivity contribution in [2.45, 2.75) is 52.1 Å². The average Bonchev–Trinajstić information content (AvgIpc) is 3.40. The van der Waals surface area contributed by atoms with Gasteiger partial charge in [0, 0.05) is 18.2 Å². The van der Waals surface area contributed by atoms with Crippen LogP contribution in [0.2, 0.25) is 0 Å². The minimum Gasteiger partial charge on any atom is -0.492 e. The summed E-state index contributed by atoms with van der Waals surface area (Å²) in [7, 11) is 0. The highest BCUT2D eigenvalue weighted by atomic mass is 35.5. The molecule has 3 heterocycles. The van der Waals surface area contributed by atoms with Crippen LogP contribution in [0.3, 0.4) is 0 Å². The molecule has 1 amide bonds. The number of aromatic nitrogens is 3. The molecule has 0 atom stereocenters. The van der Waals surface area contributed by atoms with Gasteiger partial charge in [-0.25, -0.2) is 0 Å². The fourth-order valence-corrected chi connectivity index (χ4v) is 3.82. The number of piperidine rings is 1. The molecule has 0 unspecified atom stereocenters. The van der Waals surface area contributed by atoms with Crippen LogP contribution in [0.5, 0.6) is 5.88 Å². The molecule has 0 radical (unpaired) electrons. The Morgan fingerprint density at radius 1 is 1.33 bits per heavy atom. The molecule has 2 aromatic heterocycles. The Kier molecular flexibility index (Phi) is 6.88. The number of rotatable bonds is 6. The van der Waals surface area contributed by atoms with Crippen LogP contribution in [-0.4, -0.2) is 44.3 Å². The van der Waals surface area contributed by atoms with Gasteiger partial charge in [0.25, 0.3) is 11.5 Å². The van der Waals surface area contributed by atoms with Gasteiger partial charge >= 0.3 is 0 Å². The Hall–Kier alpha value is -2.32. The fraction of sp³-hybridized carbons (Fsp3) is 0.571. The van der Waals surface area contributed by atoms with Crippen LogP contribution in [0.4, 0.5) is 0 Å². The Morgan fingerprint density at radius 3 is 2.67 bits per heavy atom. The lowest BCUT2D eigenvalue weighted by Gasteiger charge is -2.19. The monoisotopic (exact) mass is 435 g/mol. The number of aromatic hydroxyl groups is 1. The predicted molar refractivity (Wildman–Crippen MR) is 118 cm³/mol. The van der Waals surface area contributed by atoms with Crippen LogP contribution in [-0.2, 0) is 6.54 Å². The molecule has 4 rings (SSSR count). The highest BCUT2D eigenvalue weighted by Gasteiger charge is 2.29. The van der Waals surface area contributed by atoms with Crippen LogP contribution in [0, 0.1) is 11.8 Å². The summed E-state index contributed by atoms with van der Waals surface area (Å²) >= 11 is 0. The first-order valence-electron chi connectivity index (χ1n) is 10.5. The predicted octanol–water partition coefficient (Wildman–Crippen LogP) is 2.18. The Morgan fingerprint density at radius 2 is 2.03 bits per heavy atom. The summed E-state index contributed by atoms with van der Waals surface area (Å²) in [6.07, 6.45) is 9.75. The topological polar surface area (TPSA) is 101 Å². The van der Waals surface area contributed by atoms with Crippen molar-refractivity contribution < 1.29 is 9.90 Å². The van der Waals surface area contributed by atoms with Crippen molar-refractivity contribution in [3.05, 3.63) is 33.8 Å². The van der Waals surface area contributed by atoms with Crippen molar-refractivity contribution in [1.82, 2.24) is 24.8 Å². The van der Waals surface area contributed by atoms with Gasteiger partial charge in [0.15, 0.2) is 5.56 Å². The number of halogens is 1. The summed E-state index contributed by atoms with van der Waals surface area (Å²) in [6.45, 7) is 6.47. The van der Waals surface area contributed by atoms with Gasteiger partial charge in [0.2, 0.25) is 5.88 Å². The van der Waals surface area contributed by atoms with Gasteiger partial charge in [-0.2, -0.15) is 9.61 Å². The second-order valence-corrected chi connectivity index (χ2v) is 8.54. The summed E-state index contributed by atoms with van der Waals surface area (Å²) in [4.78, 5) is 25.8. The molecule has 2 aromatic rings. The van der Waals surface area contributed by atoms with E-state index in [1.165, 1.54) is 4.52 Å². The van der Waals surface area contributed by atoms with Crippen LogP contribution >= 0.6 is 12.4 Å². The molecule has 3 N–H and O–H groups in total. The number of hydrogen-bond acceptors (Lipinski definition) is 5. The molecule has 1 saturated carbocycles. The van der Waals surface area contributed by atoms with Crippen molar-refractivity contribution in [3.63, 3.8) is 0 Å². The largest absolute Gasteiger partial charge is 0.492 e. The number of allylic oxidation sites excluding steroid dienone is 1. The zero-order chi connectivity index (χ0) is 20.5. The summed E-state index contributed by atoms with van der Waals surface area (Å²) < 4.78 is 2.88. The van der Waals surface area contributed by atoms with E-state index in [1.54, 1.807) is 10.8 Å². The number of hydrogen-bond donors (Lipinski definition) is 3. The highest BCUT2D eigenvalue weighted by molar-refractivity contribution is 5.96. The molecule has 9 heteroatoms. The van der Waals surface area contributed by atoms with E-state index < -0.39 is 17.3 Å². The van der Waals surface area contributed by atoms with Gasteiger partial charge in [0.1, 0.15) is 5.65 Å². The number of amides is 1. The van der Waals surface area contributed by atoms with Gasteiger partial charge < -0.3 is 15.7 Å². The van der Waals surface area contributed by atoms with Gasteiger partial charge in [0.05, 0.1) is 6.20 Å². The molecule has 2 aliphatic rings. The quantitative estimate of drug-likeness (QED) is 0.645. The van der Waals surface area contributed by atoms with E-state index in [4.69, 9.17) is 0 Å². The number of nitrogens with zero attached hydrogens (tertiary/aromatic N) is 3. The van der Waals surface area contributed by atoms with Crippen LogP contribution in [0.25, 0.3) is 11.7 Å². The van der Waals surface area contributed by atoms with Gasteiger partial charge in [-0.15, -0.1) is 12.4 Å². The van der Waals surface area contributed by atoms with Crippen molar-refractivity contribution >= 4 is 30.0 Å². The van der Waals surface area contributed by atoms with Crippen LogP contribution in [0.1, 0.15) is 55.5 Å². The molecule has 1 saturated heterocycles. The maximum absolute atomic E-state index is 13.2. The third kappa shape index (κ3) is 4.54. The van der Waals surface area contributed by atoms with E-state index in [1.807, 2.05) is 19.9 Å². The Labute approximate surface area is 181 Å². The van der Waals surface area contributed by atoms with E-state index in [-0.39, 0.29) is 29.9 Å². The summed E-state index contributed by atoms with van der Waals surface area (Å²) in [5.41, 5.74) is 0.584. The summed E-state index contributed by atoms with van der Waals surface area (Å²) in [6, 6.07) is 0.0941. The highest BCUT2D eigenvalue weighted by Crippen LogP contribution is 2.24. The molecule has 1 aliphatic carbocycles. The van der Waals surface area contributed by atoms with Crippen molar-refractivity contribution in [2.24, 2.45) is 11.8 Å². The number of carbonyl (C=O) groups excluding carboxylic acids is 1. The molecule has 1 aliphatic heterocycles. The van der Waals surface area contributed by atoms with Crippen molar-refractivity contribution in [3.8, 4) is 5.88 Å². The first kappa shape index (κ1) is 22.4. The number of nitrogens with one attached hydrogen (secondary N) is 2. The molecule has 2 fully saturated rings. The lowest BCUT2D eigenvalue weighted by atomic mass is 9.97. The SMILES string of the molecule is CC(C)Cn1c(=O)c(C(=O)NC2CC2)c(O)n2ncc(C=CC3CCNCC3)c12.Cl. The number of fused-ring (bicyclic) bond motifs is 1. The molecular formula is C21H30ClN5O3. The van der Waals surface area contributed by atoms with E-state index in [2.05, 4.69) is 21.8 Å². The maximum Gasteiger partial charge on any atom is 0.270 e. The Bertz CT molecular complexity index is 1000. The molecular weight excluding hydrogens is 406 g/mol. The first-order chi connectivity index (χ1) is 14.0. The minimum absolute atomic E-state index is 0. The molecule has 8 nitrogen and oxygen atoms in total. The first-order valence-corrected chi connectivity index (χ1v) is 10.5. The fourth-order valence-electron chi connectivity index (χ4n) is 3.82. The zero-order valence-corrected chi connectivity index (χ0v) is 18.2. The second-order valence-electron chi connectivity index (χ2n) is 8.54. The third-order valence-corrected chi connectivity index (χ3v) is 5.53. The van der Waals surface area contributed by atoms with Gasteiger partial charge in [-0.05, 0) is 50.6 Å². The van der Waals surface area contributed by atoms with E-state index in [9.17, 15) is 14.7 Å². The van der Waals surface area contributed by atoms with Crippen LogP contribution < -0.4 is 16.2 Å². The van der Waals surface area contributed by atoms with Gasteiger partial charge in [-0.3, -0.25) is 14.2 Å². The third-order valence-electron chi connectivity index (χ3n) is 5.53. The lowest BCUT2D eigenvalue weighted by molar-refractivity contribution is 0.0944. The summed E-state index contributed by atoms with van der Waals surface area (Å²) in [5, 5.41) is 21.2.